The maximum Gasteiger partial charge on any atom is 0.276 e. The summed E-state index contributed by atoms with van der Waals surface area (Å²) in [5.74, 6) is 0. The van der Waals surface area contributed by atoms with Crippen LogP contribution < -0.4 is 10.9 Å². The highest BCUT2D eigenvalue weighted by Gasteiger charge is 2.02. The van der Waals surface area contributed by atoms with Crippen molar-refractivity contribution in [3.05, 3.63) is 35.0 Å². The molecule has 5 heteroatoms. The number of fused-ring (bicyclic) bond motifs is 1. The number of hydrogen-bond donors (Lipinski definition) is 1. The van der Waals surface area contributed by atoms with E-state index in [1.807, 2.05) is 6.20 Å². The molecule has 1 N–H and O–H groups in total. The Bertz CT molecular complexity index is 541. The molecule has 0 aliphatic carbocycles. The van der Waals surface area contributed by atoms with Crippen LogP contribution in [0.2, 0.25) is 0 Å². The molecular weight excluding hydrogens is 216 g/mol. The second-order valence-corrected chi connectivity index (χ2v) is 4.42. The first-order valence-corrected chi connectivity index (χ1v) is 5.94. The Hall–Kier alpha value is -1.62. The monoisotopic (exact) mass is 234 g/mol. The lowest BCUT2D eigenvalue weighted by Gasteiger charge is -2.09. The Kier molecular flexibility index (Phi) is 3.58. The normalized spacial score (nSPS) is 11.5. The summed E-state index contributed by atoms with van der Waals surface area (Å²) in [5, 5.41) is 7.37. The largest absolute Gasteiger partial charge is 0.314 e. The average molecular weight is 234 g/mol. The Morgan fingerprint density at radius 2 is 2.24 bits per heavy atom. The lowest BCUT2D eigenvalue weighted by molar-refractivity contribution is 0.529. The SMILES string of the molecule is CC(C)NCCCn1ccn2nccc2c1=O. The van der Waals surface area contributed by atoms with Gasteiger partial charge in [0, 0.05) is 25.0 Å². The van der Waals surface area contributed by atoms with Crippen molar-refractivity contribution >= 4 is 5.52 Å². The van der Waals surface area contributed by atoms with E-state index < -0.39 is 0 Å². The minimum Gasteiger partial charge on any atom is -0.314 e. The van der Waals surface area contributed by atoms with Gasteiger partial charge < -0.3 is 9.88 Å². The topological polar surface area (TPSA) is 51.3 Å². The highest BCUT2D eigenvalue weighted by atomic mass is 16.1. The zero-order valence-corrected chi connectivity index (χ0v) is 10.3. The molecule has 17 heavy (non-hydrogen) atoms. The molecule has 0 aliphatic rings. The molecule has 2 rings (SSSR count). The lowest BCUT2D eigenvalue weighted by atomic mass is 10.3. The Balaban J connectivity index is 2.04. The van der Waals surface area contributed by atoms with E-state index >= 15 is 0 Å². The van der Waals surface area contributed by atoms with E-state index in [1.165, 1.54) is 0 Å². The van der Waals surface area contributed by atoms with E-state index in [0.29, 0.717) is 11.6 Å². The van der Waals surface area contributed by atoms with Crippen molar-refractivity contribution in [3.8, 4) is 0 Å². The van der Waals surface area contributed by atoms with Gasteiger partial charge in [-0.05, 0) is 19.0 Å². The van der Waals surface area contributed by atoms with Crippen LogP contribution >= 0.6 is 0 Å². The third-order valence-electron chi connectivity index (χ3n) is 2.67. The van der Waals surface area contributed by atoms with Gasteiger partial charge >= 0.3 is 0 Å². The molecule has 0 radical (unpaired) electrons. The first-order chi connectivity index (χ1) is 8.18. The molecular formula is C12H18N4O. The Morgan fingerprint density at radius 3 is 3.00 bits per heavy atom. The van der Waals surface area contributed by atoms with E-state index in [4.69, 9.17) is 0 Å². The number of hydrogen-bond acceptors (Lipinski definition) is 3. The number of nitrogens with one attached hydrogen (secondary N) is 1. The fraction of sp³-hybridized carbons (Fsp3) is 0.500. The smallest absolute Gasteiger partial charge is 0.276 e. The molecule has 2 aromatic heterocycles. The maximum atomic E-state index is 12.0. The van der Waals surface area contributed by atoms with Crippen molar-refractivity contribution in [2.45, 2.75) is 32.9 Å². The summed E-state index contributed by atoms with van der Waals surface area (Å²) in [5.41, 5.74) is 0.652. The van der Waals surface area contributed by atoms with Crippen molar-refractivity contribution in [1.29, 1.82) is 0 Å². The first kappa shape index (κ1) is 11.9. The number of aryl methyl sites for hydroxylation is 1. The van der Waals surface area contributed by atoms with Crippen LogP contribution in [0.25, 0.3) is 5.52 Å². The summed E-state index contributed by atoms with van der Waals surface area (Å²) in [6.45, 7) is 5.89. The van der Waals surface area contributed by atoms with Gasteiger partial charge in [0.05, 0.1) is 6.20 Å². The Morgan fingerprint density at radius 1 is 1.41 bits per heavy atom. The van der Waals surface area contributed by atoms with Crippen molar-refractivity contribution in [2.75, 3.05) is 6.54 Å². The third-order valence-corrected chi connectivity index (χ3v) is 2.67. The molecule has 0 bridgehead atoms. The molecule has 0 saturated carbocycles. The van der Waals surface area contributed by atoms with Gasteiger partial charge in [0.2, 0.25) is 0 Å². The van der Waals surface area contributed by atoms with Gasteiger partial charge in [-0.3, -0.25) is 4.79 Å². The number of nitrogens with zero attached hydrogens (tertiary/aromatic N) is 3. The van der Waals surface area contributed by atoms with Gasteiger partial charge in [-0.15, -0.1) is 0 Å². The summed E-state index contributed by atoms with van der Waals surface area (Å²) in [6, 6.07) is 2.23. The highest BCUT2D eigenvalue weighted by molar-refractivity contribution is 5.42. The molecule has 0 aliphatic heterocycles. The maximum absolute atomic E-state index is 12.0. The minimum atomic E-state index is 0.0227. The molecule has 0 fully saturated rings. The fourth-order valence-electron chi connectivity index (χ4n) is 1.78. The summed E-state index contributed by atoms with van der Waals surface area (Å²) >= 11 is 0. The van der Waals surface area contributed by atoms with Crippen LogP contribution in [-0.2, 0) is 6.54 Å². The number of aromatic nitrogens is 3. The molecule has 0 saturated heterocycles. The van der Waals surface area contributed by atoms with Crippen LogP contribution in [-0.4, -0.2) is 26.8 Å². The van der Waals surface area contributed by atoms with Crippen LogP contribution in [0.15, 0.2) is 29.5 Å². The molecule has 5 nitrogen and oxygen atoms in total. The first-order valence-electron chi connectivity index (χ1n) is 5.94. The minimum absolute atomic E-state index is 0.0227. The van der Waals surface area contributed by atoms with Crippen molar-refractivity contribution in [3.63, 3.8) is 0 Å². The predicted octanol–water partition coefficient (Wildman–Crippen LogP) is 0.884. The zero-order chi connectivity index (χ0) is 12.3. The lowest BCUT2D eigenvalue weighted by Crippen LogP contribution is -2.27. The highest BCUT2D eigenvalue weighted by Crippen LogP contribution is 1.95. The molecule has 0 amide bonds. The predicted molar refractivity (Wildman–Crippen MR) is 67.2 cm³/mol. The summed E-state index contributed by atoms with van der Waals surface area (Å²) < 4.78 is 3.34. The summed E-state index contributed by atoms with van der Waals surface area (Å²) in [4.78, 5) is 12.0. The van der Waals surface area contributed by atoms with Crippen LogP contribution in [0.4, 0.5) is 0 Å². The van der Waals surface area contributed by atoms with Crippen LogP contribution in [0, 0.1) is 0 Å². The van der Waals surface area contributed by atoms with Gasteiger partial charge in [-0.1, -0.05) is 13.8 Å². The van der Waals surface area contributed by atoms with Crippen molar-refractivity contribution < 1.29 is 0 Å². The van der Waals surface area contributed by atoms with E-state index in [0.717, 1.165) is 19.5 Å². The van der Waals surface area contributed by atoms with Gasteiger partial charge in [-0.25, -0.2) is 4.52 Å². The van der Waals surface area contributed by atoms with E-state index in [2.05, 4.69) is 24.3 Å². The Labute approximate surface area is 100 Å². The van der Waals surface area contributed by atoms with Crippen molar-refractivity contribution in [1.82, 2.24) is 19.5 Å². The fourth-order valence-corrected chi connectivity index (χ4v) is 1.78. The van der Waals surface area contributed by atoms with Gasteiger partial charge in [-0.2, -0.15) is 5.10 Å². The van der Waals surface area contributed by atoms with Gasteiger partial charge in [0.1, 0.15) is 5.52 Å². The quantitative estimate of drug-likeness (QED) is 0.781. The van der Waals surface area contributed by atoms with E-state index in [9.17, 15) is 4.79 Å². The van der Waals surface area contributed by atoms with Crippen LogP contribution in [0.3, 0.4) is 0 Å². The van der Waals surface area contributed by atoms with Gasteiger partial charge in [0.25, 0.3) is 5.56 Å². The number of rotatable bonds is 5. The average Bonchev–Trinajstić information content (AvgIpc) is 2.75. The molecule has 2 heterocycles. The second-order valence-electron chi connectivity index (χ2n) is 4.42. The zero-order valence-electron chi connectivity index (χ0n) is 10.3. The van der Waals surface area contributed by atoms with E-state index in [-0.39, 0.29) is 5.56 Å². The molecule has 0 aromatic carbocycles. The summed E-state index contributed by atoms with van der Waals surface area (Å²) in [7, 11) is 0. The van der Waals surface area contributed by atoms with Crippen LogP contribution in [0.1, 0.15) is 20.3 Å². The van der Waals surface area contributed by atoms with Crippen LogP contribution in [0.5, 0.6) is 0 Å². The van der Waals surface area contributed by atoms with E-state index in [1.54, 1.807) is 27.5 Å². The third kappa shape index (κ3) is 2.74. The standard InChI is InChI=1S/C12H18N4O/c1-10(2)13-5-3-7-15-8-9-16-11(12(15)17)4-6-14-16/h4,6,8-10,13H,3,5,7H2,1-2H3. The molecule has 2 aromatic rings. The van der Waals surface area contributed by atoms with Crippen molar-refractivity contribution in [2.24, 2.45) is 0 Å². The molecule has 0 atom stereocenters. The van der Waals surface area contributed by atoms with Gasteiger partial charge in [0.15, 0.2) is 0 Å². The molecule has 92 valence electrons. The second kappa shape index (κ2) is 5.14. The molecule has 0 spiro atoms. The molecule has 0 unspecified atom stereocenters. The summed E-state index contributed by atoms with van der Waals surface area (Å²) in [6.07, 6.45) is 6.19.